The van der Waals surface area contributed by atoms with Crippen LogP contribution in [-0.2, 0) is 4.79 Å². The molecule has 0 saturated carbocycles. The summed E-state index contributed by atoms with van der Waals surface area (Å²) in [5, 5.41) is 3.01. The first-order valence-electron chi connectivity index (χ1n) is 9.59. The summed E-state index contributed by atoms with van der Waals surface area (Å²) in [6.07, 6.45) is 6.70. The van der Waals surface area contributed by atoms with Gasteiger partial charge in [0.05, 0.1) is 0 Å². The van der Waals surface area contributed by atoms with Gasteiger partial charge in [-0.1, -0.05) is 46.6 Å². The number of benzene rings is 2. The van der Waals surface area contributed by atoms with Gasteiger partial charge in [-0.2, -0.15) is 0 Å². The van der Waals surface area contributed by atoms with Crippen molar-refractivity contribution >= 4 is 27.5 Å². The molecule has 0 aromatic heterocycles. The summed E-state index contributed by atoms with van der Waals surface area (Å²) in [5.41, 5.74) is 3.17. The Morgan fingerprint density at radius 1 is 0.962 bits per heavy atom. The van der Waals surface area contributed by atoms with Crippen molar-refractivity contribution in [2.45, 2.75) is 38.5 Å². The fraction of sp³-hybridized carbons (Fsp3) is 0.409. The molecule has 26 heavy (non-hydrogen) atoms. The number of hydrogen-bond donors (Lipinski definition) is 1. The molecule has 1 heterocycles. The molecule has 2 aromatic rings. The number of carbonyl (C=O) groups is 1. The van der Waals surface area contributed by atoms with Crippen LogP contribution in [0.25, 0.3) is 11.1 Å². The Morgan fingerprint density at radius 2 is 1.73 bits per heavy atom. The molecular weight excluding hydrogens is 388 g/mol. The summed E-state index contributed by atoms with van der Waals surface area (Å²) in [6.45, 7) is 3.60. The molecule has 1 saturated heterocycles. The average molecular weight is 415 g/mol. The van der Waals surface area contributed by atoms with Crippen LogP contribution in [0.1, 0.15) is 38.5 Å². The molecule has 3 rings (SSSR count). The van der Waals surface area contributed by atoms with Crippen LogP contribution in [0, 0.1) is 0 Å². The third kappa shape index (κ3) is 5.96. The molecule has 0 bridgehead atoms. The lowest BCUT2D eigenvalue weighted by molar-refractivity contribution is -0.116. The van der Waals surface area contributed by atoms with E-state index < -0.39 is 0 Å². The van der Waals surface area contributed by atoms with Gasteiger partial charge in [-0.05, 0) is 80.7 Å². The predicted octanol–water partition coefficient (Wildman–Crippen LogP) is 5.71. The van der Waals surface area contributed by atoms with Crippen molar-refractivity contribution in [3.05, 3.63) is 53.0 Å². The number of carbonyl (C=O) groups excluding carboxylic acids is 1. The SMILES string of the molecule is O=C(CCCCN1CCCCC1)Nc1ccc(-c2cccc(Br)c2)cc1. The van der Waals surface area contributed by atoms with Crippen LogP contribution in [0.2, 0.25) is 0 Å². The van der Waals surface area contributed by atoms with Crippen LogP contribution < -0.4 is 5.32 Å². The predicted molar refractivity (Wildman–Crippen MR) is 112 cm³/mol. The first-order valence-corrected chi connectivity index (χ1v) is 10.4. The number of halogens is 1. The van der Waals surface area contributed by atoms with Crippen LogP contribution in [0.4, 0.5) is 5.69 Å². The van der Waals surface area contributed by atoms with Crippen molar-refractivity contribution < 1.29 is 4.79 Å². The zero-order chi connectivity index (χ0) is 18.2. The van der Waals surface area contributed by atoms with E-state index in [0.717, 1.165) is 40.7 Å². The van der Waals surface area contributed by atoms with Gasteiger partial charge >= 0.3 is 0 Å². The van der Waals surface area contributed by atoms with E-state index in [0.29, 0.717) is 6.42 Å². The van der Waals surface area contributed by atoms with Gasteiger partial charge in [0.1, 0.15) is 0 Å². The highest BCUT2D eigenvalue weighted by Gasteiger charge is 2.09. The van der Waals surface area contributed by atoms with Crippen LogP contribution in [-0.4, -0.2) is 30.4 Å². The molecule has 0 unspecified atom stereocenters. The van der Waals surface area contributed by atoms with E-state index in [4.69, 9.17) is 0 Å². The Hall–Kier alpha value is -1.65. The summed E-state index contributed by atoms with van der Waals surface area (Å²) in [4.78, 5) is 14.7. The van der Waals surface area contributed by atoms with Crippen molar-refractivity contribution in [3.8, 4) is 11.1 Å². The maximum absolute atomic E-state index is 12.1. The summed E-state index contributed by atoms with van der Waals surface area (Å²) >= 11 is 3.50. The Kier molecular flexibility index (Phi) is 7.27. The maximum Gasteiger partial charge on any atom is 0.224 e. The minimum atomic E-state index is 0.110. The zero-order valence-electron chi connectivity index (χ0n) is 15.2. The number of likely N-dealkylation sites (tertiary alicyclic amines) is 1. The lowest BCUT2D eigenvalue weighted by atomic mass is 10.1. The second kappa shape index (κ2) is 9.89. The molecule has 1 aliphatic heterocycles. The minimum absolute atomic E-state index is 0.110. The number of hydrogen-bond acceptors (Lipinski definition) is 2. The molecule has 1 N–H and O–H groups in total. The number of rotatable bonds is 7. The van der Waals surface area contributed by atoms with Crippen LogP contribution in [0.15, 0.2) is 53.0 Å². The number of nitrogens with one attached hydrogen (secondary N) is 1. The van der Waals surface area contributed by atoms with Crippen LogP contribution in [0.3, 0.4) is 0 Å². The average Bonchev–Trinajstić information content (AvgIpc) is 2.67. The first-order chi connectivity index (χ1) is 12.7. The molecule has 1 fully saturated rings. The first kappa shape index (κ1) is 19.1. The third-order valence-corrected chi connectivity index (χ3v) is 5.40. The van der Waals surface area contributed by atoms with Crippen LogP contribution >= 0.6 is 15.9 Å². The van der Waals surface area contributed by atoms with Gasteiger partial charge in [-0.15, -0.1) is 0 Å². The van der Waals surface area contributed by atoms with E-state index in [1.165, 1.54) is 32.4 Å². The van der Waals surface area contributed by atoms with Crippen molar-refractivity contribution in [3.63, 3.8) is 0 Å². The van der Waals surface area contributed by atoms with E-state index in [2.05, 4.69) is 38.3 Å². The number of amides is 1. The van der Waals surface area contributed by atoms with Gasteiger partial charge in [0.25, 0.3) is 0 Å². The van der Waals surface area contributed by atoms with Crippen molar-refractivity contribution in [1.29, 1.82) is 0 Å². The standard InChI is InChI=1S/C22H27BrN2O/c23-20-8-6-7-19(17-20)18-10-12-21(13-11-18)24-22(26)9-2-5-16-25-14-3-1-4-15-25/h6-8,10-13,17H,1-5,9,14-16H2,(H,24,26). The van der Waals surface area contributed by atoms with E-state index in [9.17, 15) is 4.79 Å². The van der Waals surface area contributed by atoms with Crippen molar-refractivity contribution in [2.24, 2.45) is 0 Å². The van der Waals surface area contributed by atoms with Crippen LogP contribution in [0.5, 0.6) is 0 Å². The quantitative estimate of drug-likeness (QED) is 0.588. The molecule has 138 valence electrons. The summed E-state index contributed by atoms with van der Waals surface area (Å²) in [7, 11) is 0. The lowest BCUT2D eigenvalue weighted by Crippen LogP contribution is -2.30. The molecular formula is C22H27BrN2O. The molecule has 2 aromatic carbocycles. The molecule has 3 nitrogen and oxygen atoms in total. The summed E-state index contributed by atoms with van der Waals surface area (Å²) in [6, 6.07) is 16.3. The van der Waals surface area contributed by atoms with Gasteiger partial charge in [0, 0.05) is 16.6 Å². The maximum atomic E-state index is 12.1. The lowest BCUT2D eigenvalue weighted by Gasteiger charge is -2.26. The Balaban J connectivity index is 1.41. The minimum Gasteiger partial charge on any atom is -0.326 e. The summed E-state index contributed by atoms with van der Waals surface area (Å²) < 4.78 is 1.07. The fourth-order valence-corrected chi connectivity index (χ4v) is 3.84. The topological polar surface area (TPSA) is 32.3 Å². The van der Waals surface area contributed by atoms with Gasteiger partial charge in [-0.25, -0.2) is 0 Å². The summed E-state index contributed by atoms with van der Waals surface area (Å²) in [5.74, 6) is 0.110. The second-order valence-electron chi connectivity index (χ2n) is 7.00. The number of piperidine rings is 1. The van der Waals surface area contributed by atoms with Crippen molar-refractivity contribution in [2.75, 3.05) is 25.0 Å². The molecule has 0 spiro atoms. The van der Waals surface area contributed by atoms with E-state index in [1.807, 2.05) is 36.4 Å². The molecule has 1 aliphatic rings. The fourth-order valence-electron chi connectivity index (χ4n) is 3.44. The number of anilines is 1. The molecule has 0 radical (unpaired) electrons. The molecule has 0 atom stereocenters. The smallest absolute Gasteiger partial charge is 0.224 e. The molecule has 0 aliphatic carbocycles. The third-order valence-electron chi connectivity index (χ3n) is 4.90. The van der Waals surface area contributed by atoms with Gasteiger partial charge in [0.2, 0.25) is 5.91 Å². The van der Waals surface area contributed by atoms with E-state index in [1.54, 1.807) is 0 Å². The number of unbranched alkanes of at least 4 members (excludes halogenated alkanes) is 1. The number of nitrogens with zero attached hydrogens (tertiary/aromatic N) is 1. The monoisotopic (exact) mass is 414 g/mol. The Labute approximate surface area is 164 Å². The van der Waals surface area contributed by atoms with Gasteiger partial charge in [-0.3, -0.25) is 4.79 Å². The van der Waals surface area contributed by atoms with Gasteiger partial charge < -0.3 is 10.2 Å². The van der Waals surface area contributed by atoms with Crippen molar-refractivity contribution in [1.82, 2.24) is 4.90 Å². The molecule has 4 heteroatoms. The normalized spacial score (nSPS) is 15.0. The Morgan fingerprint density at radius 3 is 2.46 bits per heavy atom. The van der Waals surface area contributed by atoms with Gasteiger partial charge in [0.15, 0.2) is 0 Å². The van der Waals surface area contributed by atoms with E-state index in [-0.39, 0.29) is 5.91 Å². The highest BCUT2D eigenvalue weighted by atomic mass is 79.9. The largest absolute Gasteiger partial charge is 0.326 e. The zero-order valence-corrected chi connectivity index (χ0v) is 16.8. The Bertz CT molecular complexity index is 708. The second-order valence-corrected chi connectivity index (χ2v) is 7.91. The highest BCUT2D eigenvalue weighted by Crippen LogP contribution is 2.24. The van der Waals surface area contributed by atoms with E-state index >= 15 is 0 Å². The highest BCUT2D eigenvalue weighted by molar-refractivity contribution is 9.10. The molecule has 1 amide bonds.